The molecule has 5 nitrogen and oxygen atoms in total. The Morgan fingerprint density at radius 1 is 1.33 bits per heavy atom. The number of hydrogen-bond donors (Lipinski definition) is 1. The molecule has 1 aromatic heterocycles. The Morgan fingerprint density at radius 3 is 2.44 bits per heavy atom. The van der Waals surface area contributed by atoms with Crippen molar-refractivity contribution in [1.82, 2.24) is 4.57 Å². The van der Waals surface area contributed by atoms with Crippen molar-refractivity contribution < 1.29 is 45.6 Å². The van der Waals surface area contributed by atoms with Crippen LogP contribution in [0.25, 0.3) is 10.8 Å². The molecule has 0 atom stereocenters. The summed E-state index contributed by atoms with van der Waals surface area (Å²) in [5.41, 5.74) is -0.491. The van der Waals surface area contributed by atoms with Gasteiger partial charge < -0.3 is 15.8 Å². The average Bonchev–Trinajstić information content (AvgIpc) is 2.36. The van der Waals surface area contributed by atoms with Crippen LogP contribution >= 0.6 is 0 Å². The summed E-state index contributed by atoms with van der Waals surface area (Å²) in [6.45, 7) is 0. The summed E-state index contributed by atoms with van der Waals surface area (Å²) < 4.78 is 5.63. The van der Waals surface area contributed by atoms with E-state index >= 15 is 0 Å². The number of carbonyl (C=O) groups is 1. The maximum absolute atomic E-state index is 12.0. The van der Waals surface area contributed by atoms with Gasteiger partial charge in [0.1, 0.15) is 0 Å². The Balaban J connectivity index is 0.00000162. The monoisotopic (exact) mass is 257 g/mol. The van der Waals surface area contributed by atoms with Gasteiger partial charge in [-0.1, -0.05) is 18.2 Å². The Bertz CT molecular complexity index is 669. The number of aromatic nitrogens is 1. The maximum atomic E-state index is 12.0. The minimum Gasteiger partial charge on any atom is -1.00 e. The summed E-state index contributed by atoms with van der Waals surface area (Å²) in [7, 11) is 2.61. The summed E-state index contributed by atoms with van der Waals surface area (Å²) >= 11 is 0. The van der Waals surface area contributed by atoms with Gasteiger partial charge in [0.2, 0.25) is 0 Å². The van der Waals surface area contributed by atoms with Crippen LogP contribution in [-0.4, -0.2) is 22.8 Å². The number of fused-ring (bicyclic) bond motifs is 1. The van der Waals surface area contributed by atoms with Gasteiger partial charge in [-0.15, -0.1) is 0 Å². The smallest absolute Gasteiger partial charge is 1.00 e. The molecular formula is C12H12NNaO4. The van der Waals surface area contributed by atoms with E-state index in [4.69, 9.17) is 0 Å². The number of ether oxygens (including phenoxy) is 1. The fourth-order valence-corrected chi connectivity index (χ4v) is 1.78. The third kappa shape index (κ3) is 2.16. The Labute approximate surface area is 127 Å². The summed E-state index contributed by atoms with van der Waals surface area (Å²) in [5, 5.41) is 10.7. The van der Waals surface area contributed by atoms with Crippen molar-refractivity contribution in [3.8, 4) is 5.75 Å². The number of rotatable bonds is 1. The summed E-state index contributed by atoms with van der Waals surface area (Å²) in [4.78, 5) is 23.5. The van der Waals surface area contributed by atoms with E-state index in [2.05, 4.69) is 4.74 Å². The predicted octanol–water partition coefficient (Wildman–Crippen LogP) is -1.85. The van der Waals surface area contributed by atoms with E-state index in [1.807, 2.05) is 0 Å². The largest absolute Gasteiger partial charge is 1.00 e. The summed E-state index contributed by atoms with van der Waals surface area (Å²) in [6, 6.07) is 6.56. The zero-order valence-corrected chi connectivity index (χ0v) is 12.4. The number of benzene rings is 1. The van der Waals surface area contributed by atoms with Crippen molar-refractivity contribution in [2.45, 2.75) is 0 Å². The van der Waals surface area contributed by atoms with E-state index in [1.54, 1.807) is 24.3 Å². The first-order valence-electron chi connectivity index (χ1n) is 4.97. The van der Waals surface area contributed by atoms with Gasteiger partial charge in [-0.2, -0.15) is 0 Å². The molecule has 0 unspecified atom stereocenters. The van der Waals surface area contributed by atoms with Crippen molar-refractivity contribution in [2.75, 3.05) is 7.11 Å². The zero-order valence-electron chi connectivity index (χ0n) is 11.4. The Kier molecular flexibility index (Phi) is 4.56. The maximum Gasteiger partial charge on any atom is 1.00 e. The van der Waals surface area contributed by atoms with E-state index < -0.39 is 5.97 Å². The Hall–Kier alpha value is -1.30. The van der Waals surface area contributed by atoms with Crippen LogP contribution in [0.5, 0.6) is 5.75 Å². The fourth-order valence-electron chi connectivity index (χ4n) is 1.78. The first kappa shape index (κ1) is 14.8. The standard InChI is InChI=1S/C12H11NO4.Na.H/c1-13-9(12(16)17-2)10(14)7-5-3-4-6-8(7)11(13)15;;/h3-6,14H,1-2H3;;/q;+1;-1. The van der Waals surface area contributed by atoms with Gasteiger partial charge in [0.15, 0.2) is 11.4 Å². The second-order valence-electron chi connectivity index (χ2n) is 3.60. The van der Waals surface area contributed by atoms with E-state index in [1.165, 1.54) is 14.2 Å². The summed E-state index contributed by atoms with van der Waals surface area (Å²) in [6.07, 6.45) is 0. The van der Waals surface area contributed by atoms with Crippen molar-refractivity contribution in [1.29, 1.82) is 0 Å². The van der Waals surface area contributed by atoms with Crippen LogP contribution in [0.2, 0.25) is 0 Å². The average molecular weight is 257 g/mol. The molecule has 90 valence electrons. The molecule has 0 aliphatic carbocycles. The number of esters is 1. The predicted molar refractivity (Wildman–Crippen MR) is 63.3 cm³/mol. The molecule has 0 saturated heterocycles. The molecule has 18 heavy (non-hydrogen) atoms. The van der Waals surface area contributed by atoms with Gasteiger partial charge in [0.05, 0.1) is 12.5 Å². The first-order valence-corrected chi connectivity index (χ1v) is 4.97. The van der Waals surface area contributed by atoms with E-state index in [0.717, 1.165) is 4.57 Å². The van der Waals surface area contributed by atoms with Crippen LogP contribution in [0, 0.1) is 0 Å². The molecule has 1 aromatic carbocycles. The number of nitrogens with zero attached hydrogens (tertiary/aromatic N) is 1. The van der Waals surface area contributed by atoms with Crippen LogP contribution in [0.1, 0.15) is 11.9 Å². The number of pyridine rings is 1. The molecule has 2 rings (SSSR count). The van der Waals surface area contributed by atoms with Gasteiger partial charge >= 0.3 is 35.5 Å². The van der Waals surface area contributed by atoms with Crippen LogP contribution in [-0.2, 0) is 11.8 Å². The van der Waals surface area contributed by atoms with Gasteiger partial charge in [-0.05, 0) is 6.07 Å². The van der Waals surface area contributed by atoms with Gasteiger partial charge in [0.25, 0.3) is 5.56 Å². The molecule has 0 spiro atoms. The molecule has 0 saturated carbocycles. The van der Waals surface area contributed by atoms with E-state index in [-0.39, 0.29) is 48.0 Å². The molecule has 0 amide bonds. The van der Waals surface area contributed by atoms with Crippen LogP contribution in [0.4, 0.5) is 0 Å². The van der Waals surface area contributed by atoms with Crippen LogP contribution in [0.3, 0.4) is 0 Å². The first-order chi connectivity index (χ1) is 8.07. The Morgan fingerprint density at radius 2 is 1.89 bits per heavy atom. The van der Waals surface area contributed by atoms with Crippen LogP contribution < -0.4 is 35.1 Å². The molecule has 0 aliphatic heterocycles. The number of hydrogen-bond acceptors (Lipinski definition) is 4. The molecule has 2 aromatic rings. The number of aromatic hydroxyl groups is 1. The summed E-state index contributed by atoms with van der Waals surface area (Å²) in [5.74, 6) is -0.984. The molecule has 1 heterocycles. The normalized spacial score (nSPS) is 9.89. The number of carbonyl (C=O) groups excluding carboxylic acids is 1. The SMILES string of the molecule is COC(=O)c1c(O)c2ccccc2c(=O)n1C.[H-].[Na+]. The third-order valence-electron chi connectivity index (χ3n) is 2.66. The van der Waals surface area contributed by atoms with Gasteiger partial charge in [-0.25, -0.2) is 4.79 Å². The third-order valence-corrected chi connectivity index (χ3v) is 2.66. The topological polar surface area (TPSA) is 68.5 Å². The van der Waals surface area contributed by atoms with Crippen molar-refractivity contribution in [3.63, 3.8) is 0 Å². The van der Waals surface area contributed by atoms with Crippen LogP contribution in [0.15, 0.2) is 29.1 Å². The molecule has 0 aliphatic rings. The quantitative estimate of drug-likeness (QED) is 0.481. The van der Waals surface area contributed by atoms with Crippen molar-refractivity contribution >= 4 is 16.7 Å². The minimum atomic E-state index is -0.743. The fraction of sp³-hybridized carbons (Fsp3) is 0.167. The van der Waals surface area contributed by atoms with Crippen molar-refractivity contribution in [3.05, 3.63) is 40.3 Å². The molecule has 0 fully saturated rings. The molecule has 1 N–H and O–H groups in total. The minimum absolute atomic E-state index is 0. The van der Waals surface area contributed by atoms with E-state index in [0.29, 0.717) is 10.8 Å². The van der Waals surface area contributed by atoms with Gasteiger partial charge in [0, 0.05) is 12.4 Å². The molecule has 0 bridgehead atoms. The molecule has 6 heteroatoms. The zero-order chi connectivity index (χ0) is 12.6. The number of methoxy groups -OCH3 is 1. The van der Waals surface area contributed by atoms with E-state index in [9.17, 15) is 14.7 Å². The second-order valence-corrected chi connectivity index (χ2v) is 3.60. The van der Waals surface area contributed by atoms with Crippen molar-refractivity contribution in [2.24, 2.45) is 7.05 Å². The molecular weight excluding hydrogens is 245 g/mol. The molecule has 0 radical (unpaired) electrons. The van der Waals surface area contributed by atoms with Gasteiger partial charge in [-0.3, -0.25) is 4.79 Å². The second kappa shape index (κ2) is 5.56.